The number of carbonyl (C=O) groups excluding carboxylic acids is 1. The van der Waals surface area contributed by atoms with Crippen LogP contribution in [0.5, 0.6) is 0 Å². The predicted molar refractivity (Wildman–Crippen MR) is 106 cm³/mol. The fourth-order valence-corrected chi connectivity index (χ4v) is 3.56. The molecule has 0 aliphatic rings. The van der Waals surface area contributed by atoms with Crippen LogP contribution < -0.4 is 5.32 Å². The molecule has 1 aromatic carbocycles. The topological polar surface area (TPSA) is 45.2 Å². The molecule has 1 N–H and O–H groups in total. The van der Waals surface area contributed by atoms with Crippen molar-refractivity contribution in [2.45, 2.75) is 53.1 Å². The maximum Gasteiger partial charge on any atom is 0.234 e. The Morgan fingerprint density at radius 2 is 1.88 bits per heavy atom. The molecule has 1 aromatic heterocycles. The van der Waals surface area contributed by atoms with Gasteiger partial charge in [-0.25, -0.2) is 4.98 Å². The number of hydrogen-bond donors (Lipinski definition) is 1. The molecule has 1 heterocycles. The van der Waals surface area contributed by atoms with Gasteiger partial charge in [0.15, 0.2) is 0 Å². The average Bonchev–Trinajstić information content (AvgIpc) is 3.02. The Morgan fingerprint density at radius 1 is 1.20 bits per heavy atom. The zero-order valence-electron chi connectivity index (χ0n) is 15.9. The molecule has 1 amide bonds. The fraction of sp³-hybridized carbons (Fsp3) is 0.500. The number of nitrogens with one attached hydrogen (secondary N) is 1. The minimum atomic E-state index is 0.0749. The Morgan fingerprint density at radius 3 is 2.44 bits per heavy atom. The molecule has 0 spiro atoms. The highest BCUT2D eigenvalue weighted by molar-refractivity contribution is 7.15. The third-order valence-electron chi connectivity index (χ3n) is 4.02. The maximum absolute atomic E-state index is 12.0. The summed E-state index contributed by atoms with van der Waals surface area (Å²) in [6, 6.07) is 8.82. The SMILES string of the molecule is CCN(CC(=O)NC(C)C)Cc1cnc(-c2ccc(C(C)C)cc2)s1. The molecule has 5 heteroatoms. The van der Waals surface area contributed by atoms with Crippen molar-refractivity contribution >= 4 is 17.2 Å². The molecular formula is C20H29N3OS. The van der Waals surface area contributed by atoms with Gasteiger partial charge in [0.25, 0.3) is 0 Å². The lowest BCUT2D eigenvalue weighted by Crippen LogP contribution is -2.39. The van der Waals surface area contributed by atoms with Crippen molar-refractivity contribution in [1.82, 2.24) is 15.2 Å². The lowest BCUT2D eigenvalue weighted by atomic mass is 10.0. The first-order chi connectivity index (χ1) is 11.9. The Bertz CT molecular complexity index is 677. The van der Waals surface area contributed by atoms with Crippen molar-refractivity contribution < 1.29 is 4.79 Å². The monoisotopic (exact) mass is 359 g/mol. The predicted octanol–water partition coefficient (Wildman–Crippen LogP) is 4.28. The second kappa shape index (κ2) is 9.11. The van der Waals surface area contributed by atoms with Gasteiger partial charge in [0.1, 0.15) is 5.01 Å². The summed E-state index contributed by atoms with van der Waals surface area (Å²) in [5, 5.41) is 3.98. The number of likely N-dealkylation sites (N-methyl/N-ethyl adjacent to an activating group) is 1. The first-order valence-corrected chi connectivity index (χ1v) is 9.77. The van der Waals surface area contributed by atoms with Gasteiger partial charge in [-0.2, -0.15) is 0 Å². The van der Waals surface area contributed by atoms with Crippen molar-refractivity contribution in [3.63, 3.8) is 0 Å². The number of benzene rings is 1. The summed E-state index contributed by atoms with van der Waals surface area (Å²) in [5.41, 5.74) is 2.50. The van der Waals surface area contributed by atoms with Crippen molar-refractivity contribution in [1.29, 1.82) is 0 Å². The molecule has 2 rings (SSSR count). The lowest BCUT2D eigenvalue weighted by molar-refractivity contribution is -0.122. The first kappa shape index (κ1) is 19.6. The van der Waals surface area contributed by atoms with Crippen LogP contribution in [0.4, 0.5) is 0 Å². The number of nitrogens with zero attached hydrogens (tertiary/aromatic N) is 2. The van der Waals surface area contributed by atoms with Gasteiger partial charge in [0.2, 0.25) is 5.91 Å². The molecular weight excluding hydrogens is 330 g/mol. The van der Waals surface area contributed by atoms with Crippen LogP contribution in [-0.4, -0.2) is 34.9 Å². The van der Waals surface area contributed by atoms with Gasteiger partial charge in [-0.3, -0.25) is 9.69 Å². The lowest BCUT2D eigenvalue weighted by Gasteiger charge is -2.19. The van der Waals surface area contributed by atoms with Crippen molar-refractivity contribution in [2.75, 3.05) is 13.1 Å². The van der Waals surface area contributed by atoms with E-state index >= 15 is 0 Å². The highest BCUT2D eigenvalue weighted by atomic mass is 32.1. The minimum absolute atomic E-state index is 0.0749. The van der Waals surface area contributed by atoms with E-state index in [4.69, 9.17) is 0 Å². The number of hydrogen-bond acceptors (Lipinski definition) is 4. The standard InChI is InChI=1S/C20H29N3OS/c1-6-23(13-19(24)22-15(4)5)12-18-11-21-20(25-18)17-9-7-16(8-10-17)14(2)3/h7-11,14-15H,6,12-13H2,1-5H3,(H,22,24). The van der Waals surface area contributed by atoms with E-state index in [2.05, 4.69) is 60.2 Å². The van der Waals surface area contributed by atoms with E-state index < -0.39 is 0 Å². The van der Waals surface area contributed by atoms with Crippen LogP contribution in [0.2, 0.25) is 0 Å². The zero-order chi connectivity index (χ0) is 18.4. The summed E-state index contributed by atoms with van der Waals surface area (Å²) in [7, 11) is 0. The normalized spacial score (nSPS) is 11.5. The highest BCUT2D eigenvalue weighted by Gasteiger charge is 2.13. The van der Waals surface area contributed by atoms with Crippen molar-refractivity contribution in [3.8, 4) is 10.6 Å². The summed E-state index contributed by atoms with van der Waals surface area (Å²) in [6.45, 7) is 12.4. The zero-order valence-corrected chi connectivity index (χ0v) is 16.7. The second-order valence-corrected chi connectivity index (χ2v) is 8.05. The molecule has 136 valence electrons. The molecule has 0 saturated heterocycles. The summed E-state index contributed by atoms with van der Waals surface area (Å²) < 4.78 is 0. The molecule has 2 aromatic rings. The van der Waals surface area contributed by atoms with Crippen LogP contribution >= 0.6 is 11.3 Å². The third-order valence-corrected chi connectivity index (χ3v) is 5.05. The second-order valence-electron chi connectivity index (χ2n) is 6.93. The molecule has 0 radical (unpaired) electrons. The molecule has 4 nitrogen and oxygen atoms in total. The van der Waals surface area contributed by atoms with Crippen molar-refractivity contribution in [2.24, 2.45) is 0 Å². The Labute approximate surface area is 155 Å². The molecule has 0 fully saturated rings. The number of carbonyl (C=O) groups is 1. The molecule has 0 bridgehead atoms. The van der Waals surface area contributed by atoms with Gasteiger partial charge in [0, 0.05) is 29.2 Å². The van der Waals surface area contributed by atoms with E-state index in [-0.39, 0.29) is 11.9 Å². The minimum Gasteiger partial charge on any atom is -0.353 e. The van der Waals surface area contributed by atoms with E-state index in [1.165, 1.54) is 10.4 Å². The van der Waals surface area contributed by atoms with Gasteiger partial charge in [-0.15, -0.1) is 11.3 Å². The maximum atomic E-state index is 12.0. The van der Waals surface area contributed by atoms with E-state index in [1.807, 2.05) is 20.0 Å². The van der Waals surface area contributed by atoms with Crippen LogP contribution in [0.1, 0.15) is 51.0 Å². The van der Waals surface area contributed by atoms with Gasteiger partial charge < -0.3 is 5.32 Å². The Balaban J connectivity index is 2.01. The Hall–Kier alpha value is -1.72. The number of amides is 1. The molecule has 0 aliphatic carbocycles. The molecule has 0 saturated carbocycles. The Kier molecular flexibility index (Phi) is 7.14. The summed E-state index contributed by atoms with van der Waals surface area (Å²) >= 11 is 1.70. The molecule has 0 aliphatic heterocycles. The highest BCUT2D eigenvalue weighted by Crippen LogP contribution is 2.27. The van der Waals surface area contributed by atoms with Crippen LogP contribution in [0.3, 0.4) is 0 Å². The molecule has 0 unspecified atom stereocenters. The van der Waals surface area contributed by atoms with E-state index in [0.717, 1.165) is 23.7 Å². The fourth-order valence-electron chi connectivity index (χ4n) is 2.60. The van der Waals surface area contributed by atoms with E-state index in [0.29, 0.717) is 12.5 Å². The number of thiazole rings is 1. The smallest absolute Gasteiger partial charge is 0.234 e. The molecule has 25 heavy (non-hydrogen) atoms. The largest absolute Gasteiger partial charge is 0.353 e. The van der Waals surface area contributed by atoms with E-state index in [9.17, 15) is 4.79 Å². The van der Waals surface area contributed by atoms with Gasteiger partial charge in [-0.1, -0.05) is 45.0 Å². The average molecular weight is 360 g/mol. The van der Waals surface area contributed by atoms with E-state index in [1.54, 1.807) is 11.3 Å². The van der Waals surface area contributed by atoms with Gasteiger partial charge in [0.05, 0.1) is 6.54 Å². The number of rotatable bonds is 8. The first-order valence-electron chi connectivity index (χ1n) is 8.95. The summed E-state index contributed by atoms with van der Waals surface area (Å²) in [6.07, 6.45) is 1.93. The summed E-state index contributed by atoms with van der Waals surface area (Å²) in [4.78, 5) is 19.8. The van der Waals surface area contributed by atoms with Crippen molar-refractivity contribution in [3.05, 3.63) is 40.9 Å². The van der Waals surface area contributed by atoms with Gasteiger partial charge in [-0.05, 0) is 31.9 Å². The number of aromatic nitrogens is 1. The van der Waals surface area contributed by atoms with Gasteiger partial charge >= 0.3 is 0 Å². The quantitative estimate of drug-likeness (QED) is 0.765. The van der Waals surface area contributed by atoms with Crippen LogP contribution in [0, 0.1) is 0 Å². The van der Waals surface area contributed by atoms with Crippen LogP contribution in [0.25, 0.3) is 10.6 Å². The molecule has 0 atom stereocenters. The van der Waals surface area contributed by atoms with Crippen LogP contribution in [0.15, 0.2) is 30.5 Å². The van der Waals surface area contributed by atoms with Crippen LogP contribution in [-0.2, 0) is 11.3 Å². The summed E-state index contributed by atoms with van der Waals surface area (Å²) in [5.74, 6) is 0.613. The third kappa shape index (κ3) is 5.94.